The van der Waals surface area contributed by atoms with Crippen LogP contribution in [0, 0.1) is 11.7 Å². The molecule has 0 saturated carbocycles. The summed E-state index contributed by atoms with van der Waals surface area (Å²) < 4.78 is 24.4. The SMILES string of the molecule is O=C(c1ccc(F)cc1)N1C[C@@H](c2ccc3c(c2)OCO3)[C@@H]2[C@H]1C1CCN2CC1. The summed E-state index contributed by atoms with van der Waals surface area (Å²) in [5, 5.41) is 0. The fraction of sp³-hybridized carbons (Fsp3) is 0.435. The van der Waals surface area contributed by atoms with Crippen LogP contribution in [0.15, 0.2) is 42.5 Å². The molecule has 5 heterocycles. The van der Waals surface area contributed by atoms with Crippen LogP contribution in [0.2, 0.25) is 0 Å². The molecule has 4 saturated heterocycles. The van der Waals surface area contributed by atoms with E-state index < -0.39 is 0 Å². The topological polar surface area (TPSA) is 42.0 Å². The van der Waals surface area contributed by atoms with Crippen LogP contribution in [0.3, 0.4) is 0 Å². The number of rotatable bonds is 2. The first-order valence-electron chi connectivity index (χ1n) is 10.4. The summed E-state index contributed by atoms with van der Waals surface area (Å²) in [4.78, 5) is 18.0. The molecule has 0 aromatic heterocycles. The molecule has 29 heavy (non-hydrogen) atoms. The van der Waals surface area contributed by atoms with Gasteiger partial charge in [0, 0.05) is 24.1 Å². The zero-order chi connectivity index (χ0) is 19.5. The summed E-state index contributed by atoms with van der Waals surface area (Å²) in [6, 6.07) is 12.7. The van der Waals surface area contributed by atoms with E-state index in [1.165, 1.54) is 17.7 Å². The lowest BCUT2D eigenvalue weighted by atomic mass is 9.75. The van der Waals surface area contributed by atoms with Crippen LogP contribution in [0.4, 0.5) is 4.39 Å². The number of hydrogen-bond acceptors (Lipinski definition) is 4. The van der Waals surface area contributed by atoms with Crippen molar-refractivity contribution in [3.05, 3.63) is 59.4 Å². The van der Waals surface area contributed by atoms with Gasteiger partial charge in [-0.25, -0.2) is 4.39 Å². The van der Waals surface area contributed by atoms with Crippen LogP contribution in [0.5, 0.6) is 11.5 Å². The molecule has 5 aliphatic heterocycles. The lowest BCUT2D eigenvalue weighted by Crippen LogP contribution is -2.60. The molecular weight excluding hydrogens is 371 g/mol. The van der Waals surface area contributed by atoms with Gasteiger partial charge in [-0.3, -0.25) is 9.69 Å². The van der Waals surface area contributed by atoms with Crippen molar-refractivity contribution < 1.29 is 18.7 Å². The summed E-state index contributed by atoms with van der Waals surface area (Å²) >= 11 is 0. The van der Waals surface area contributed by atoms with E-state index in [-0.39, 0.29) is 30.5 Å². The Morgan fingerprint density at radius 2 is 1.72 bits per heavy atom. The van der Waals surface area contributed by atoms with E-state index in [2.05, 4.69) is 21.9 Å². The Morgan fingerprint density at radius 1 is 0.966 bits per heavy atom. The number of piperidine rings is 3. The second-order valence-corrected chi connectivity index (χ2v) is 8.54. The Morgan fingerprint density at radius 3 is 2.52 bits per heavy atom. The highest BCUT2D eigenvalue weighted by molar-refractivity contribution is 5.94. The number of carbonyl (C=O) groups is 1. The fourth-order valence-corrected chi connectivity index (χ4v) is 5.85. The van der Waals surface area contributed by atoms with Crippen molar-refractivity contribution in [3.8, 4) is 11.5 Å². The van der Waals surface area contributed by atoms with Crippen molar-refractivity contribution in [1.29, 1.82) is 0 Å². The van der Waals surface area contributed by atoms with Gasteiger partial charge in [0.25, 0.3) is 5.91 Å². The number of halogens is 1. The van der Waals surface area contributed by atoms with Crippen LogP contribution in [-0.2, 0) is 0 Å². The third-order valence-electron chi connectivity index (χ3n) is 7.17. The highest BCUT2D eigenvalue weighted by atomic mass is 19.1. The van der Waals surface area contributed by atoms with Crippen molar-refractivity contribution in [2.45, 2.75) is 30.8 Å². The molecule has 2 bridgehead atoms. The molecule has 7 rings (SSSR count). The maximum absolute atomic E-state index is 13.4. The number of hydrogen-bond donors (Lipinski definition) is 0. The molecule has 0 aliphatic carbocycles. The van der Waals surface area contributed by atoms with Gasteiger partial charge in [0.15, 0.2) is 11.5 Å². The number of fused-ring (bicyclic) bond motifs is 3. The van der Waals surface area contributed by atoms with Gasteiger partial charge < -0.3 is 14.4 Å². The van der Waals surface area contributed by atoms with Gasteiger partial charge in [0.2, 0.25) is 6.79 Å². The van der Waals surface area contributed by atoms with Gasteiger partial charge in [-0.15, -0.1) is 0 Å². The maximum Gasteiger partial charge on any atom is 0.254 e. The average Bonchev–Trinajstić information content (AvgIpc) is 3.40. The monoisotopic (exact) mass is 394 g/mol. The summed E-state index contributed by atoms with van der Waals surface area (Å²) in [7, 11) is 0. The Bertz CT molecular complexity index is 955. The van der Waals surface area contributed by atoms with Crippen molar-refractivity contribution in [2.24, 2.45) is 5.92 Å². The van der Waals surface area contributed by atoms with E-state index in [0.717, 1.165) is 37.4 Å². The standard InChI is InChI=1S/C23H23FN2O3/c24-17-4-1-15(2-5-17)23(27)26-12-18(16-3-6-19-20(11-16)29-13-28-19)22-21(26)14-7-9-25(22)10-8-14/h1-6,11,14,18,21-22H,7-10,12-13H2/t18-,21+,22+/m0/s1. The second kappa shape index (κ2) is 6.46. The number of likely N-dealkylation sites (tertiary alicyclic amines) is 1. The number of carbonyl (C=O) groups excluding carboxylic acids is 1. The minimum absolute atomic E-state index is 0.0111. The number of nitrogens with zero attached hydrogens (tertiary/aromatic N) is 2. The van der Waals surface area contributed by atoms with E-state index in [1.54, 1.807) is 12.1 Å². The minimum Gasteiger partial charge on any atom is -0.454 e. The Kier molecular flexibility index (Phi) is 3.85. The van der Waals surface area contributed by atoms with E-state index in [4.69, 9.17) is 9.47 Å². The molecule has 3 atom stereocenters. The first kappa shape index (κ1) is 17.3. The predicted molar refractivity (Wildman–Crippen MR) is 105 cm³/mol. The molecule has 5 aliphatic rings. The molecule has 0 N–H and O–H groups in total. The van der Waals surface area contributed by atoms with Crippen molar-refractivity contribution in [2.75, 3.05) is 26.4 Å². The average molecular weight is 394 g/mol. The molecule has 2 aromatic rings. The van der Waals surface area contributed by atoms with Crippen LogP contribution in [0.1, 0.15) is 34.7 Å². The molecule has 4 fully saturated rings. The quantitative estimate of drug-likeness (QED) is 0.784. The fourth-order valence-electron chi connectivity index (χ4n) is 5.85. The predicted octanol–water partition coefficient (Wildman–Crippen LogP) is 3.26. The van der Waals surface area contributed by atoms with Crippen LogP contribution >= 0.6 is 0 Å². The number of benzene rings is 2. The molecule has 0 radical (unpaired) electrons. The minimum atomic E-state index is -0.318. The van der Waals surface area contributed by atoms with Crippen LogP contribution in [0.25, 0.3) is 0 Å². The van der Waals surface area contributed by atoms with Gasteiger partial charge in [0.1, 0.15) is 5.82 Å². The molecule has 2 aromatic carbocycles. The van der Waals surface area contributed by atoms with Crippen molar-refractivity contribution >= 4 is 5.91 Å². The number of amides is 1. The zero-order valence-corrected chi connectivity index (χ0v) is 16.1. The van der Waals surface area contributed by atoms with Gasteiger partial charge in [-0.1, -0.05) is 6.07 Å². The van der Waals surface area contributed by atoms with Crippen LogP contribution < -0.4 is 9.47 Å². The van der Waals surface area contributed by atoms with E-state index in [9.17, 15) is 9.18 Å². The van der Waals surface area contributed by atoms with Crippen molar-refractivity contribution in [3.63, 3.8) is 0 Å². The second-order valence-electron chi connectivity index (χ2n) is 8.54. The molecule has 1 amide bonds. The Labute approximate surface area is 169 Å². The summed E-state index contributed by atoms with van der Waals surface area (Å²) in [5.41, 5.74) is 1.76. The summed E-state index contributed by atoms with van der Waals surface area (Å²) in [5.74, 6) is 2.04. The molecule has 150 valence electrons. The van der Waals surface area contributed by atoms with Crippen molar-refractivity contribution in [1.82, 2.24) is 9.80 Å². The van der Waals surface area contributed by atoms with Gasteiger partial charge >= 0.3 is 0 Å². The smallest absolute Gasteiger partial charge is 0.254 e. The normalized spacial score (nSPS) is 31.8. The van der Waals surface area contributed by atoms with Crippen LogP contribution in [-0.4, -0.2) is 54.2 Å². The summed E-state index contributed by atoms with van der Waals surface area (Å²) in [6.07, 6.45) is 2.28. The lowest BCUT2D eigenvalue weighted by molar-refractivity contribution is -0.00341. The largest absolute Gasteiger partial charge is 0.454 e. The van der Waals surface area contributed by atoms with E-state index in [1.807, 2.05) is 6.07 Å². The zero-order valence-electron chi connectivity index (χ0n) is 16.1. The molecule has 6 heteroatoms. The third-order valence-corrected chi connectivity index (χ3v) is 7.17. The van der Waals surface area contributed by atoms with E-state index in [0.29, 0.717) is 24.1 Å². The highest BCUT2D eigenvalue weighted by Crippen LogP contribution is 2.48. The molecule has 0 spiro atoms. The van der Waals surface area contributed by atoms with Gasteiger partial charge in [-0.2, -0.15) is 0 Å². The molecular formula is C23H23FN2O3. The Balaban J connectivity index is 1.37. The third kappa shape index (κ3) is 2.65. The van der Waals surface area contributed by atoms with E-state index >= 15 is 0 Å². The van der Waals surface area contributed by atoms with Gasteiger partial charge in [-0.05, 0) is 73.8 Å². The Hall–Kier alpha value is -2.60. The first-order valence-corrected chi connectivity index (χ1v) is 10.4. The molecule has 5 nitrogen and oxygen atoms in total. The highest BCUT2D eigenvalue weighted by Gasteiger charge is 2.54. The van der Waals surface area contributed by atoms with Gasteiger partial charge in [0.05, 0.1) is 6.04 Å². The number of ether oxygens (including phenoxy) is 2. The first-order chi connectivity index (χ1) is 14.2. The lowest BCUT2D eigenvalue weighted by Gasteiger charge is -2.51. The summed E-state index contributed by atoms with van der Waals surface area (Å²) in [6.45, 7) is 3.15. The molecule has 0 unspecified atom stereocenters. The maximum atomic E-state index is 13.4.